The van der Waals surface area contributed by atoms with Crippen molar-refractivity contribution in [1.82, 2.24) is 0 Å². The van der Waals surface area contributed by atoms with Crippen molar-refractivity contribution < 1.29 is 14.6 Å². The molecule has 0 saturated carbocycles. The maximum absolute atomic E-state index is 10.7. The van der Waals surface area contributed by atoms with Gasteiger partial charge in [0.1, 0.15) is 6.04 Å². The molecule has 1 fully saturated rings. The highest BCUT2D eigenvalue weighted by atomic mass is 16.5. The van der Waals surface area contributed by atoms with E-state index in [1.807, 2.05) is 24.3 Å². The summed E-state index contributed by atoms with van der Waals surface area (Å²) in [6.07, 6.45) is 2.93. The zero-order valence-electron chi connectivity index (χ0n) is 12.4. The molecule has 5 heteroatoms. The molecule has 1 heterocycles. The second-order valence-electron chi connectivity index (χ2n) is 5.59. The average molecular weight is 292 g/mol. The van der Waals surface area contributed by atoms with Gasteiger partial charge in [0.2, 0.25) is 0 Å². The maximum Gasteiger partial charge on any atom is 0.320 e. The SMILES string of the molecule is CCC1CCOC1CNc1ccc(CC(N)C(=O)O)cc1. The van der Waals surface area contributed by atoms with E-state index < -0.39 is 12.0 Å². The molecule has 1 aliphatic heterocycles. The topological polar surface area (TPSA) is 84.6 Å². The number of ether oxygens (including phenoxy) is 1. The third kappa shape index (κ3) is 4.44. The molecule has 21 heavy (non-hydrogen) atoms. The number of nitrogens with one attached hydrogen (secondary N) is 1. The van der Waals surface area contributed by atoms with Crippen LogP contribution in [0.4, 0.5) is 5.69 Å². The van der Waals surface area contributed by atoms with Gasteiger partial charge in [-0.1, -0.05) is 25.5 Å². The smallest absolute Gasteiger partial charge is 0.320 e. The van der Waals surface area contributed by atoms with Gasteiger partial charge in [-0.05, 0) is 36.5 Å². The summed E-state index contributed by atoms with van der Waals surface area (Å²) in [7, 11) is 0. The van der Waals surface area contributed by atoms with E-state index in [1.165, 1.54) is 0 Å². The fourth-order valence-electron chi connectivity index (χ4n) is 2.70. The van der Waals surface area contributed by atoms with Crippen LogP contribution in [0.5, 0.6) is 0 Å². The number of carboxylic acid groups (broad SMARTS) is 1. The van der Waals surface area contributed by atoms with Crippen molar-refractivity contribution in [3.63, 3.8) is 0 Å². The lowest BCUT2D eigenvalue weighted by molar-refractivity contribution is -0.138. The number of carboxylic acids is 1. The highest BCUT2D eigenvalue weighted by Crippen LogP contribution is 2.24. The van der Waals surface area contributed by atoms with Crippen molar-refractivity contribution in [2.24, 2.45) is 11.7 Å². The summed E-state index contributed by atoms with van der Waals surface area (Å²) >= 11 is 0. The molecule has 2 rings (SSSR count). The Kier molecular flexibility index (Phi) is 5.59. The molecule has 0 amide bonds. The maximum atomic E-state index is 10.7. The van der Waals surface area contributed by atoms with E-state index in [4.69, 9.17) is 15.6 Å². The van der Waals surface area contributed by atoms with Crippen LogP contribution >= 0.6 is 0 Å². The molecule has 3 atom stereocenters. The first-order chi connectivity index (χ1) is 10.1. The number of hydrogen-bond acceptors (Lipinski definition) is 4. The van der Waals surface area contributed by atoms with E-state index >= 15 is 0 Å². The van der Waals surface area contributed by atoms with Crippen molar-refractivity contribution in [3.8, 4) is 0 Å². The molecule has 5 nitrogen and oxygen atoms in total. The van der Waals surface area contributed by atoms with Gasteiger partial charge in [0.05, 0.1) is 6.10 Å². The first-order valence-electron chi connectivity index (χ1n) is 7.53. The zero-order valence-corrected chi connectivity index (χ0v) is 12.4. The molecule has 0 aromatic heterocycles. The summed E-state index contributed by atoms with van der Waals surface area (Å²) in [6.45, 7) is 3.87. The standard InChI is InChI=1S/C16H24N2O3/c1-2-12-7-8-21-15(12)10-18-13-5-3-11(4-6-13)9-14(17)16(19)20/h3-6,12,14-15,18H,2,7-10,17H2,1H3,(H,19,20). The Morgan fingerprint density at radius 3 is 2.81 bits per heavy atom. The van der Waals surface area contributed by atoms with E-state index in [-0.39, 0.29) is 6.10 Å². The van der Waals surface area contributed by atoms with Crippen LogP contribution in [0, 0.1) is 5.92 Å². The molecule has 0 bridgehead atoms. The molecule has 0 aliphatic carbocycles. The minimum Gasteiger partial charge on any atom is -0.480 e. The van der Waals surface area contributed by atoms with E-state index in [9.17, 15) is 4.79 Å². The Balaban J connectivity index is 1.83. The number of anilines is 1. The predicted molar refractivity (Wildman–Crippen MR) is 82.4 cm³/mol. The average Bonchev–Trinajstić information content (AvgIpc) is 2.94. The van der Waals surface area contributed by atoms with Gasteiger partial charge in [-0.2, -0.15) is 0 Å². The zero-order chi connectivity index (χ0) is 15.2. The van der Waals surface area contributed by atoms with E-state index in [0.29, 0.717) is 12.3 Å². The fraction of sp³-hybridized carbons (Fsp3) is 0.562. The van der Waals surface area contributed by atoms with E-state index in [1.54, 1.807) is 0 Å². The van der Waals surface area contributed by atoms with Crippen molar-refractivity contribution in [1.29, 1.82) is 0 Å². The summed E-state index contributed by atoms with van der Waals surface area (Å²) in [5, 5.41) is 12.2. The van der Waals surface area contributed by atoms with Crippen LogP contribution in [0.2, 0.25) is 0 Å². The molecule has 116 valence electrons. The third-order valence-electron chi connectivity index (χ3n) is 4.10. The van der Waals surface area contributed by atoms with Gasteiger partial charge in [-0.3, -0.25) is 4.79 Å². The van der Waals surface area contributed by atoms with E-state index in [2.05, 4.69) is 12.2 Å². The molecule has 0 radical (unpaired) electrons. The molecule has 4 N–H and O–H groups in total. The second-order valence-corrected chi connectivity index (χ2v) is 5.59. The number of aliphatic carboxylic acids is 1. The van der Waals surface area contributed by atoms with Gasteiger partial charge >= 0.3 is 5.97 Å². The summed E-state index contributed by atoms with van der Waals surface area (Å²) in [5.41, 5.74) is 7.48. The molecule has 3 unspecified atom stereocenters. The Labute approximate surface area is 125 Å². The Morgan fingerprint density at radius 1 is 1.48 bits per heavy atom. The fourth-order valence-corrected chi connectivity index (χ4v) is 2.70. The van der Waals surface area contributed by atoms with Crippen molar-refractivity contribution in [2.75, 3.05) is 18.5 Å². The number of carbonyl (C=O) groups is 1. The van der Waals surface area contributed by atoms with Crippen molar-refractivity contribution in [3.05, 3.63) is 29.8 Å². The molecule has 1 aliphatic rings. The first kappa shape index (κ1) is 15.8. The Hall–Kier alpha value is -1.59. The van der Waals surface area contributed by atoms with Gasteiger partial charge in [-0.15, -0.1) is 0 Å². The lowest BCUT2D eigenvalue weighted by atomic mass is 9.98. The minimum atomic E-state index is -0.971. The normalized spacial score (nSPS) is 23.0. The van der Waals surface area contributed by atoms with Crippen LogP contribution in [0.3, 0.4) is 0 Å². The largest absolute Gasteiger partial charge is 0.480 e. The molecule has 0 spiro atoms. The second kappa shape index (κ2) is 7.43. The molecule has 1 saturated heterocycles. The van der Waals surface area contributed by atoms with Crippen LogP contribution < -0.4 is 11.1 Å². The van der Waals surface area contributed by atoms with Crippen LogP contribution in [0.1, 0.15) is 25.3 Å². The van der Waals surface area contributed by atoms with Crippen LogP contribution in [0.25, 0.3) is 0 Å². The highest BCUT2D eigenvalue weighted by Gasteiger charge is 2.26. The lowest BCUT2D eigenvalue weighted by Gasteiger charge is -2.18. The summed E-state index contributed by atoms with van der Waals surface area (Å²) in [5.74, 6) is -0.327. The summed E-state index contributed by atoms with van der Waals surface area (Å²) < 4.78 is 5.74. The third-order valence-corrected chi connectivity index (χ3v) is 4.10. The van der Waals surface area contributed by atoms with Gasteiger partial charge < -0.3 is 20.9 Å². The van der Waals surface area contributed by atoms with Crippen LogP contribution in [-0.2, 0) is 16.0 Å². The van der Waals surface area contributed by atoms with E-state index in [0.717, 1.165) is 37.2 Å². The van der Waals surface area contributed by atoms with Gasteiger partial charge in [0.25, 0.3) is 0 Å². The van der Waals surface area contributed by atoms with Crippen LogP contribution in [0.15, 0.2) is 24.3 Å². The summed E-state index contributed by atoms with van der Waals surface area (Å²) in [4.78, 5) is 10.7. The molecular formula is C16H24N2O3. The highest BCUT2D eigenvalue weighted by molar-refractivity contribution is 5.73. The van der Waals surface area contributed by atoms with Gasteiger partial charge in [0.15, 0.2) is 0 Å². The Morgan fingerprint density at radius 2 is 2.19 bits per heavy atom. The number of benzene rings is 1. The monoisotopic (exact) mass is 292 g/mol. The molecule has 1 aromatic carbocycles. The molecular weight excluding hydrogens is 268 g/mol. The Bertz CT molecular complexity index is 461. The van der Waals surface area contributed by atoms with Gasteiger partial charge in [0, 0.05) is 18.8 Å². The first-order valence-corrected chi connectivity index (χ1v) is 7.53. The minimum absolute atomic E-state index is 0.287. The van der Waals surface area contributed by atoms with Gasteiger partial charge in [-0.25, -0.2) is 0 Å². The lowest BCUT2D eigenvalue weighted by Crippen LogP contribution is -2.32. The molecule has 1 aromatic rings. The summed E-state index contributed by atoms with van der Waals surface area (Å²) in [6, 6.07) is 6.90. The number of nitrogens with two attached hydrogens (primary N) is 1. The quantitative estimate of drug-likeness (QED) is 0.714. The number of hydrogen-bond donors (Lipinski definition) is 3. The predicted octanol–water partition coefficient (Wildman–Crippen LogP) is 1.87. The number of rotatable bonds is 7. The van der Waals surface area contributed by atoms with Crippen molar-refractivity contribution >= 4 is 11.7 Å². The van der Waals surface area contributed by atoms with Crippen molar-refractivity contribution in [2.45, 2.75) is 38.3 Å². The van der Waals surface area contributed by atoms with Crippen LogP contribution in [-0.4, -0.2) is 36.4 Å².